The molecular formula is C17H23N3O. The van der Waals surface area contributed by atoms with Crippen molar-refractivity contribution < 1.29 is 4.79 Å². The minimum atomic E-state index is -0.237. The maximum Gasteiger partial charge on any atom is 0.226 e. The Morgan fingerprint density at radius 1 is 1.38 bits per heavy atom. The highest BCUT2D eigenvalue weighted by molar-refractivity contribution is 5.80. The Morgan fingerprint density at radius 3 is 2.57 bits per heavy atom. The Balaban J connectivity index is 2.15. The zero-order valence-corrected chi connectivity index (χ0v) is 12.7. The van der Waals surface area contributed by atoms with Gasteiger partial charge in [0, 0.05) is 25.0 Å². The van der Waals surface area contributed by atoms with Gasteiger partial charge in [-0.1, -0.05) is 18.2 Å². The monoisotopic (exact) mass is 285 g/mol. The van der Waals surface area contributed by atoms with Crippen LogP contribution in [-0.2, 0) is 4.79 Å². The highest BCUT2D eigenvalue weighted by atomic mass is 16.2. The number of rotatable bonds is 5. The van der Waals surface area contributed by atoms with Gasteiger partial charge in [0.2, 0.25) is 5.91 Å². The van der Waals surface area contributed by atoms with Crippen molar-refractivity contribution in [1.29, 1.82) is 5.26 Å². The van der Waals surface area contributed by atoms with Crippen LogP contribution in [0.15, 0.2) is 24.3 Å². The average Bonchev–Trinajstić information content (AvgIpc) is 2.47. The first kappa shape index (κ1) is 15.5. The van der Waals surface area contributed by atoms with E-state index in [1.54, 1.807) is 6.07 Å². The Hall–Kier alpha value is -1.86. The number of benzene rings is 1. The maximum atomic E-state index is 12.5. The molecule has 0 bridgehead atoms. The number of carbonyl (C=O) groups excluding carboxylic acids is 1. The molecule has 0 heterocycles. The second-order valence-electron chi connectivity index (χ2n) is 5.58. The Labute approximate surface area is 126 Å². The molecule has 21 heavy (non-hydrogen) atoms. The first-order chi connectivity index (χ1) is 10.1. The summed E-state index contributed by atoms with van der Waals surface area (Å²) in [5.74, 6) is 0.361. The van der Waals surface area contributed by atoms with Crippen LogP contribution in [0.3, 0.4) is 0 Å². The van der Waals surface area contributed by atoms with Crippen molar-refractivity contribution in [3.05, 3.63) is 35.4 Å². The molecule has 1 aromatic rings. The molecule has 4 nitrogen and oxygen atoms in total. The molecule has 1 amide bonds. The van der Waals surface area contributed by atoms with E-state index in [4.69, 9.17) is 5.73 Å². The lowest BCUT2D eigenvalue weighted by Crippen LogP contribution is -2.46. The number of amides is 1. The first-order valence-electron chi connectivity index (χ1n) is 7.67. The number of nitriles is 1. The predicted molar refractivity (Wildman–Crippen MR) is 82.2 cm³/mol. The van der Waals surface area contributed by atoms with E-state index in [2.05, 4.69) is 6.07 Å². The van der Waals surface area contributed by atoms with Gasteiger partial charge in [0.05, 0.1) is 11.6 Å². The normalized spacial score (nSPS) is 22.0. The summed E-state index contributed by atoms with van der Waals surface area (Å²) >= 11 is 0. The number of nitrogens with zero attached hydrogens (tertiary/aromatic N) is 2. The van der Waals surface area contributed by atoms with Crippen molar-refractivity contribution in [3.63, 3.8) is 0 Å². The zero-order valence-electron chi connectivity index (χ0n) is 12.7. The number of hydrogen-bond donors (Lipinski definition) is 1. The van der Waals surface area contributed by atoms with Crippen LogP contribution < -0.4 is 5.73 Å². The van der Waals surface area contributed by atoms with E-state index < -0.39 is 0 Å². The summed E-state index contributed by atoms with van der Waals surface area (Å²) in [4.78, 5) is 14.4. The quantitative estimate of drug-likeness (QED) is 0.903. The third kappa shape index (κ3) is 2.93. The van der Waals surface area contributed by atoms with Crippen LogP contribution in [0, 0.1) is 23.2 Å². The second kappa shape index (κ2) is 6.73. The third-order valence-corrected chi connectivity index (χ3v) is 4.62. The lowest BCUT2D eigenvalue weighted by atomic mass is 9.67. The summed E-state index contributed by atoms with van der Waals surface area (Å²) in [5, 5.41) is 9.20. The first-order valence-corrected chi connectivity index (χ1v) is 7.67. The molecule has 1 aromatic carbocycles. The van der Waals surface area contributed by atoms with Gasteiger partial charge < -0.3 is 10.6 Å². The highest BCUT2D eigenvalue weighted by Gasteiger charge is 2.42. The minimum Gasteiger partial charge on any atom is -0.343 e. The molecule has 0 radical (unpaired) electrons. The van der Waals surface area contributed by atoms with Gasteiger partial charge in [-0.25, -0.2) is 0 Å². The summed E-state index contributed by atoms with van der Waals surface area (Å²) in [7, 11) is 0. The number of hydrogen-bond acceptors (Lipinski definition) is 3. The molecule has 2 rings (SSSR count). The van der Waals surface area contributed by atoms with E-state index >= 15 is 0 Å². The van der Waals surface area contributed by atoms with Crippen LogP contribution in [0.1, 0.15) is 43.9 Å². The molecule has 0 aromatic heterocycles. The van der Waals surface area contributed by atoms with Gasteiger partial charge in [0.15, 0.2) is 0 Å². The molecule has 3 atom stereocenters. The summed E-state index contributed by atoms with van der Waals surface area (Å²) in [6, 6.07) is 9.39. The van der Waals surface area contributed by atoms with E-state index in [0.29, 0.717) is 5.56 Å². The lowest BCUT2D eigenvalue weighted by molar-refractivity contribution is -0.141. The molecule has 0 aliphatic heterocycles. The van der Waals surface area contributed by atoms with E-state index in [-0.39, 0.29) is 23.8 Å². The van der Waals surface area contributed by atoms with Crippen LogP contribution in [0.25, 0.3) is 0 Å². The SMILES string of the molecule is CCN(CC)C(=O)[C@@H]1CC[C@@H]1C(N)c1ccccc1C#N. The van der Waals surface area contributed by atoms with Gasteiger partial charge in [0.1, 0.15) is 0 Å². The molecule has 0 spiro atoms. The van der Waals surface area contributed by atoms with Crippen LogP contribution in [0.5, 0.6) is 0 Å². The number of nitrogens with two attached hydrogens (primary N) is 1. The molecule has 0 saturated heterocycles. The van der Waals surface area contributed by atoms with Crippen molar-refractivity contribution in [2.24, 2.45) is 17.6 Å². The summed E-state index contributed by atoms with van der Waals surface area (Å²) in [6.07, 6.45) is 1.86. The maximum absolute atomic E-state index is 12.5. The molecule has 1 aliphatic carbocycles. The van der Waals surface area contributed by atoms with Crippen molar-refractivity contribution in [1.82, 2.24) is 4.90 Å². The highest BCUT2D eigenvalue weighted by Crippen LogP contribution is 2.43. The van der Waals surface area contributed by atoms with Gasteiger partial charge in [-0.2, -0.15) is 5.26 Å². The molecule has 1 unspecified atom stereocenters. The summed E-state index contributed by atoms with van der Waals surface area (Å²) < 4.78 is 0. The fourth-order valence-electron chi connectivity index (χ4n) is 3.15. The fraction of sp³-hybridized carbons (Fsp3) is 0.529. The van der Waals surface area contributed by atoms with Gasteiger partial charge in [0.25, 0.3) is 0 Å². The Kier molecular flexibility index (Phi) is 4.98. The fourth-order valence-corrected chi connectivity index (χ4v) is 3.15. The Morgan fingerprint density at radius 2 is 2.05 bits per heavy atom. The topological polar surface area (TPSA) is 70.1 Å². The molecule has 1 saturated carbocycles. The second-order valence-corrected chi connectivity index (χ2v) is 5.58. The van der Waals surface area contributed by atoms with Crippen LogP contribution in [-0.4, -0.2) is 23.9 Å². The zero-order chi connectivity index (χ0) is 15.4. The van der Waals surface area contributed by atoms with Crippen molar-refractivity contribution >= 4 is 5.91 Å². The van der Waals surface area contributed by atoms with E-state index in [9.17, 15) is 10.1 Å². The molecule has 2 N–H and O–H groups in total. The van der Waals surface area contributed by atoms with Crippen molar-refractivity contribution in [3.8, 4) is 6.07 Å². The third-order valence-electron chi connectivity index (χ3n) is 4.62. The Bertz CT molecular complexity index is 545. The smallest absolute Gasteiger partial charge is 0.226 e. The van der Waals surface area contributed by atoms with Crippen molar-refractivity contribution in [2.75, 3.05) is 13.1 Å². The van der Waals surface area contributed by atoms with Crippen LogP contribution >= 0.6 is 0 Å². The molecular weight excluding hydrogens is 262 g/mol. The average molecular weight is 285 g/mol. The molecule has 1 fully saturated rings. The lowest BCUT2D eigenvalue weighted by Gasteiger charge is -2.41. The minimum absolute atomic E-state index is 0.00616. The molecule has 4 heteroatoms. The van der Waals surface area contributed by atoms with Crippen molar-refractivity contribution in [2.45, 2.75) is 32.7 Å². The van der Waals surface area contributed by atoms with Crippen LogP contribution in [0.4, 0.5) is 0 Å². The largest absolute Gasteiger partial charge is 0.343 e. The predicted octanol–water partition coefficient (Wildman–Crippen LogP) is 2.45. The standard InChI is InChI=1S/C17H23N3O/c1-3-20(4-2)17(21)15-10-9-14(15)16(19)13-8-6-5-7-12(13)11-18/h5-8,14-16H,3-4,9-10,19H2,1-2H3/t14-,15+,16?/m0/s1. The van der Waals surface area contributed by atoms with E-state index in [1.807, 2.05) is 36.9 Å². The van der Waals surface area contributed by atoms with E-state index in [1.165, 1.54) is 0 Å². The van der Waals surface area contributed by atoms with Crippen LogP contribution in [0.2, 0.25) is 0 Å². The van der Waals surface area contributed by atoms with Gasteiger partial charge in [-0.3, -0.25) is 4.79 Å². The molecule has 112 valence electrons. The van der Waals surface area contributed by atoms with E-state index in [0.717, 1.165) is 31.5 Å². The summed E-state index contributed by atoms with van der Waals surface area (Å²) in [6.45, 7) is 5.48. The number of carbonyl (C=O) groups is 1. The summed E-state index contributed by atoms with van der Waals surface area (Å²) in [5.41, 5.74) is 7.85. The van der Waals surface area contributed by atoms with Gasteiger partial charge in [-0.05, 0) is 44.2 Å². The van der Waals surface area contributed by atoms with Gasteiger partial charge >= 0.3 is 0 Å². The molecule has 1 aliphatic rings. The van der Waals surface area contributed by atoms with Gasteiger partial charge in [-0.15, -0.1) is 0 Å².